The van der Waals surface area contributed by atoms with Crippen molar-refractivity contribution in [3.05, 3.63) is 52.5 Å². The lowest BCUT2D eigenvalue weighted by atomic mass is 9.93. The Labute approximate surface area is 133 Å². The normalized spacial score (nSPS) is 18.8. The van der Waals surface area contributed by atoms with Crippen LogP contribution in [-0.4, -0.2) is 19.1 Å². The predicted octanol–water partition coefficient (Wildman–Crippen LogP) is 3.39. The Morgan fingerprint density at radius 1 is 1.09 bits per heavy atom. The molecule has 0 unspecified atom stereocenters. The average molecular weight is 316 g/mol. The van der Waals surface area contributed by atoms with Crippen molar-refractivity contribution >= 4 is 23.2 Å². The number of ether oxygens (including phenoxy) is 2. The number of anilines is 1. The van der Waals surface area contributed by atoms with Gasteiger partial charge in [0.15, 0.2) is 11.5 Å². The predicted molar refractivity (Wildman–Crippen MR) is 84.0 cm³/mol. The standard InChI is InChI=1S/C17H14ClNO3/c18-11-2-3-12-13(17(20)19-14(12)9-11)7-10-1-4-15-16(8-10)22-6-5-21-15/h1-4,8-9,13H,5-7H2,(H,19,20)/t13-/m0/s1. The van der Waals surface area contributed by atoms with Crippen molar-refractivity contribution in [3.8, 4) is 11.5 Å². The summed E-state index contributed by atoms with van der Waals surface area (Å²) in [5.41, 5.74) is 2.84. The van der Waals surface area contributed by atoms with Gasteiger partial charge in [0.05, 0.1) is 5.92 Å². The SMILES string of the molecule is O=C1Nc2cc(Cl)ccc2[C@@H]1Cc1ccc2c(c1)OCCO2. The summed E-state index contributed by atoms with van der Waals surface area (Å²) in [6.07, 6.45) is 0.622. The second-order valence-electron chi connectivity index (χ2n) is 5.46. The highest BCUT2D eigenvalue weighted by atomic mass is 35.5. The zero-order valence-electron chi connectivity index (χ0n) is 11.8. The summed E-state index contributed by atoms with van der Waals surface area (Å²) in [5.74, 6) is 1.32. The smallest absolute Gasteiger partial charge is 0.232 e. The highest BCUT2D eigenvalue weighted by Gasteiger charge is 2.30. The molecule has 4 rings (SSSR count). The van der Waals surface area contributed by atoms with Crippen LogP contribution in [-0.2, 0) is 11.2 Å². The third-order valence-corrected chi connectivity index (χ3v) is 4.25. The molecule has 0 spiro atoms. The number of benzene rings is 2. The van der Waals surface area contributed by atoms with E-state index in [1.54, 1.807) is 6.07 Å². The molecule has 112 valence electrons. The van der Waals surface area contributed by atoms with Crippen LogP contribution in [0, 0.1) is 0 Å². The molecule has 2 heterocycles. The second kappa shape index (κ2) is 5.21. The molecule has 0 aliphatic carbocycles. The Balaban J connectivity index is 1.63. The van der Waals surface area contributed by atoms with E-state index in [1.165, 1.54) is 0 Å². The third-order valence-electron chi connectivity index (χ3n) is 4.01. The molecule has 1 atom stereocenters. The fraction of sp³-hybridized carbons (Fsp3) is 0.235. The van der Waals surface area contributed by atoms with Gasteiger partial charge < -0.3 is 14.8 Å². The van der Waals surface area contributed by atoms with E-state index in [2.05, 4.69) is 5.32 Å². The van der Waals surface area contributed by atoms with Gasteiger partial charge in [-0.2, -0.15) is 0 Å². The van der Waals surface area contributed by atoms with Crippen molar-refractivity contribution in [1.29, 1.82) is 0 Å². The molecule has 1 N–H and O–H groups in total. The molecule has 5 heteroatoms. The van der Waals surface area contributed by atoms with Crippen LogP contribution in [0.2, 0.25) is 5.02 Å². The lowest BCUT2D eigenvalue weighted by Crippen LogP contribution is -2.16. The first-order valence-corrected chi connectivity index (χ1v) is 7.57. The Morgan fingerprint density at radius 2 is 1.91 bits per heavy atom. The number of hydrogen-bond donors (Lipinski definition) is 1. The van der Waals surface area contributed by atoms with E-state index in [0.29, 0.717) is 24.7 Å². The number of rotatable bonds is 2. The first kappa shape index (κ1) is 13.5. The molecule has 2 aromatic carbocycles. The number of carbonyl (C=O) groups excluding carboxylic acids is 1. The molecule has 0 bridgehead atoms. The van der Waals surface area contributed by atoms with Crippen LogP contribution in [0.25, 0.3) is 0 Å². The van der Waals surface area contributed by atoms with Gasteiger partial charge in [-0.1, -0.05) is 23.7 Å². The first-order chi connectivity index (χ1) is 10.7. The lowest BCUT2D eigenvalue weighted by molar-refractivity contribution is -0.117. The van der Waals surface area contributed by atoms with Crippen LogP contribution in [0.15, 0.2) is 36.4 Å². The summed E-state index contributed by atoms with van der Waals surface area (Å²) < 4.78 is 11.1. The van der Waals surface area contributed by atoms with E-state index in [4.69, 9.17) is 21.1 Å². The minimum Gasteiger partial charge on any atom is -0.486 e. The zero-order chi connectivity index (χ0) is 15.1. The van der Waals surface area contributed by atoms with E-state index >= 15 is 0 Å². The summed E-state index contributed by atoms with van der Waals surface area (Å²) in [7, 11) is 0. The summed E-state index contributed by atoms with van der Waals surface area (Å²) in [4.78, 5) is 12.2. The number of halogens is 1. The van der Waals surface area contributed by atoms with Crippen LogP contribution in [0.4, 0.5) is 5.69 Å². The molecule has 0 fully saturated rings. The van der Waals surface area contributed by atoms with Crippen molar-refractivity contribution in [1.82, 2.24) is 0 Å². The molecule has 0 saturated carbocycles. The molecular weight excluding hydrogens is 302 g/mol. The van der Waals surface area contributed by atoms with Gasteiger partial charge in [0.1, 0.15) is 13.2 Å². The minimum absolute atomic E-state index is 0.00663. The third kappa shape index (κ3) is 2.29. The maximum atomic E-state index is 12.2. The van der Waals surface area contributed by atoms with Crippen molar-refractivity contribution < 1.29 is 14.3 Å². The second-order valence-corrected chi connectivity index (χ2v) is 5.89. The van der Waals surface area contributed by atoms with E-state index in [0.717, 1.165) is 28.3 Å². The Bertz CT molecular complexity index is 760. The van der Waals surface area contributed by atoms with Gasteiger partial charge in [-0.3, -0.25) is 4.79 Å². The van der Waals surface area contributed by atoms with Gasteiger partial charge in [-0.25, -0.2) is 0 Å². The summed E-state index contributed by atoms with van der Waals surface area (Å²) >= 11 is 5.98. The monoisotopic (exact) mass is 315 g/mol. The topological polar surface area (TPSA) is 47.6 Å². The molecule has 2 aliphatic rings. The number of nitrogens with one attached hydrogen (secondary N) is 1. The van der Waals surface area contributed by atoms with E-state index in [-0.39, 0.29) is 11.8 Å². The molecule has 22 heavy (non-hydrogen) atoms. The van der Waals surface area contributed by atoms with Gasteiger partial charge in [-0.15, -0.1) is 0 Å². The van der Waals surface area contributed by atoms with Gasteiger partial charge in [0.25, 0.3) is 0 Å². The fourth-order valence-electron chi connectivity index (χ4n) is 2.95. The molecule has 2 aromatic rings. The van der Waals surface area contributed by atoms with Crippen LogP contribution < -0.4 is 14.8 Å². The Kier molecular flexibility index (Phi) is 3.19. The van der Waals surface area contributed by atoms with Crippen molar-refractivity contribution in [2.75, 3.05) is 18.5 Å². The molecule has 0 aromatic heterocycles. The van der Waals surface area contributed by atoms with E-state index in [9.17, 15) is 4.79 Å². The van der Waals surface area contributed by atoms with E-state index in [1.807, 2.05) is 30.3 Å². The van der Waals surface area contributed by atoms with Crippen LogP contribution in [0.1, 0.15) is 17.0 Å². The van der Waals surface area contributed by atoms with Gasteiger partial charge in [-0.05, 0) is 41.8 Å². The van der Waals surface area contributed by atoms with Gasteiger partial charge >= 0.3 is 0 Å². The summed E-state index contributed by atoms with van der Waals surface area (Å²) in [6.45, 7) is 1.13. The molecule has 0 saturated heterocycles. The van der Waals surface area contributed by atoms with Crippen molar-refractivity contribution in [2.45, 2.75) is 12.3 Å². The molecule has 2 aliphatic heterocycles. The largest absolute Gasteiger partial charge is 0.486 e. The number of hydrogen-bond acceptors (Lipinski definition) is 3. The van der Waals surface area contributed by atoms with Crippen LogP contribution >= 0.6 is 11.6 Å². The summed E-state index contributed by atoms with van der Waals surface area (Å²) in [5, 5.41) is 3.52. The number of fused-ring (bicyclic) bond motifs is 2. The van der Waals surface area contributed by atoms with Crippen LogP contribution in [0.5, 0.6) is 11.5 Å². The van der Waals surface area contributed by atoms with Gasteiger partial charge in [0.2, 0.25) is 5.91 Å². The van der Waals surface area contributed by atoms with E-state index < -0.39 is 0 Å². The maximum absolute atomic E-state index is 12.2. The maximum Gasteiger partial charge on any atom is 0.232 e. The zero-order valence-corrected chi connectivity index (χ0v) is 12.5. The van der Waals surface area contributed by atoms with Gasteiger partial charge in [0, 0.05) is 10.7 Å². The Hall–Kier alpha value is -2.20. The lowest BCUT2D eigenvalue weighted by Gasteiger charge is -2.19. The first-order valence-electron chi connectivity index (χ1n) is 7.19. The fourth-order valence-corrected chi connectivity index (χ4v) is 3.13. The molecule has 0 radical (unpaired) electrons. The van der Waals surface area contributed by atoms with Crippen LogP contribution in [0.3, 0.4) is 0 Å². The Morgan fingerprint density at radius 3 is 2.77 bits per heavy atom. The number of carbonyl (C=O) groups is 1. The molecule has 4 nitrogen and oxygen atoms in total. The van der Waals surface area contributed by atoms with Crippen molar-refractivity contribution in [3.63, 3.8) is 0 Å². The number of amides is 1. The highest BCUT2D eigenvalue weighted by molar-refractivity contribution is 6.31. The molecular formula is C17H14ClNO3. The molecule has 1 amide bonds. The highest BCUT2D eigenvalue weighted by Crippen LogP contribution is 2.38. The van der Waals surface area contributed by atoms with Crippen molar-refractivity contribution in [2.24, 2.45) is 0 Å². The minimum atomic E-state index is -0.199. The summed E-state index contributed by atoms with van der Waals surface area (Å²) in [6, 6.07) is 11.4. The average Bonchev–Trinajstić information content (AvgIpc) is 2.82. The quantitative estimate of drug-likeness (QED) is 0.924.